The Morgan fingerprint density at radius 1 is 1.25 bits per heavy atom. The normalized spacial score (nSPS) is 10.2. The summed E-state index contributed by atoms with van der Waals surface area (Å²) in [5.41, 5.74) is 10.5. The van der Waals surface area contributed by atoms with E-state index in [2.05, 4.69) is 18.8 Å². The van der Waals surface area contributed by atoms with E-state index in [1.807, 2.05) is 0 Å². The zero-order valence-electron chi connectivity index (χ0n) is 8.19. The standard InChI is InChI=1S/C8H20N4/c1-3-12(4-2)7-5-6-11-8(9)10/h3-7H2,1-2H3,(H4,9,10,11)/p+2. The zero-order valence-corrected chi connectivity index (χ0v) is 8.19. The van der Waals surface area contributed by atoms with Gasteiger partial charge in [-0.1, -0.05) is 0 Å². The third-order valence-electron chi connectivity index (χ3n) is 2.04. The molecule has 4 heteroatoms. The van der Waals surface area contributed by atoms with Crippen LogP contribution in [0.3, 0.4) is 0 Å². The van der Waals surface area contributed by atoms with E-state index >= 15 is 0 Å². The Bertz CT molecular complexity index is 125. The van der Waals surface area contributed by atoms with Crippen LogP contribution in [-0.2, 0) is 0 Å². The van der Waals surface area contributed by atoms with Crippen molar-refractivity contribution in [2.75, 3.05) is 26.2 Å². The molecule has 4 nitrogen and oxygen atoms in total. The van der Waals surface area contributed by atoms with Crippen molar-refractivity contribution in [3.8, 4) is 0 Å². The first kappa shape index (κ1) is 11.2. The molecule has 0 rings (SSSR count). The summed E-state index contributed by atoms with van der Waals surface area (Å²) in [5, 5.41) is 0. The summed E-state index contributed by atoms with van der Waals surface area (Å²) in [7, 11) is 0. The van der Waals surface area contributed by atoms with Gasteiger partial charge in [-0.2, -0.15) is 0 Å². The number of nitrogens with one attached hydrogen (secondary N) is 2. The average molecular weight is 174 g/mol. The maximum Gasteiger partial charge on any atom is 0.338 e. The molecule has 0 atom stereocenters. The smallest absolute Gasteiger partial charge is 0.335 e. The SMILES string of the molecule is CC[NH+](CC)CCC[NH+]=C(N)N. The van der Waals surface area contributed by atoms with Crippen LogP contribution in [0.15, 0.2) is 0 Å². The monoisotopic (exact) mass is 174 g/mol. The van der Waals surface area contributed by atoms with E-state index in [-0.39, 0.29) is 0 Å². The molecule has 0 aromatic rings. The van der Waals surface area contributed by atoms with E-state index in [0.717, 1.165) is 13.0 Å². The van der Waals surface area contributed by atoms with Crippen molar-refractivity contribution in [3.05, 3.63) is 0 Å². The van der Waals surface area contributed by atoms with Crippen LogP contribution in [-0.4, -0.2) is 32.1 Å². The fourth-order valence-corrected chi connectivity index (χ4v) is 1.17. The van der Waals surface area contributed by atoms with Crippen molar-refractivity contribution < 1.29 is 9.89 Å². The molecule has 0 bridgehead atoms. The topological polar surface area (TPSA) is 70.5 Å². The number of hydrogen-bond acceptors (Lipinski definition) is 0. The van der Waals surface area contributed by atoms with Crippen molar-refractivity contribution in [2.45, 2.75) is 20.3 Å². The maximum atomic E-state index is 5.25. The Morgan fingerprint density at radius 3 is 2.25 bits per heavy atom. The molecular formula is C8H22N4+2. The van der Waals surface area contributed by atoms with Gasteiger partial charge in [-0.25, -0.2) is 0 Å². The molecular weight excluding hydrogens is 152 g/mol. The molecule has 0 aromatic carbocycles. The van der Waals surface area contributed by atoms with Crippen LogP contribution in [0.1, 0.15) is 20.3 Å². The zero-order chi connectivity index (χ0) is 9.40. The van der Waals surface area contributed by atoms with Gasteiger partial charge in [0.2, 0.25) is 0 Å². The third-order valence-corrected chi connectivity index (χ3v) is 2.04. The Kier molecular flexibility index (Phi) is 6.47. The highest BCUT2D eigenvalue weighted by molar-refractivity contribution is 5.69. The van der Waals surface area contributed by atoms with Gasteiger partial charge in [-0.15, -0.1) is 0 Å². The van der Waals surface area contributed by atoms with E-state index in [1.165, 1.54) is 19.6 Å². The van der Waals surface area contributed by atoms with Gasteiger partial charge in [0.1, 0.15) is 0 Å². The second-order valence-corrected chi connectivity index (χ2v) is 2.94. The van der Waals surface area contributed by atoms with Crippen molar-refractivity contribution in [1.82, 2.24) is 0 Å². The summed E-state index contributed by atoms with van der Waals surface area (Å²) in [6.07, 6.45) is 1.12. The van der Waals surface area contributed by atoms with E-state index in [1.54, 1.807) is 4.90 Å². The Hall–Kier alpha value is -0.770. The highest BCUT2D eigenvalue weighted by Crippen LogP contribution is 1.62. The summed E-state index contributed by atoms with van der Waals surface area (Å²) in [6.45, 7) is 8.86. The lowest BCUT2D eigenvalue weighted by molar-refractivity contribution is -0.897. The second-order valence-electron chi connectivity index (χ2n) is 2.94. The largest absolute Gasteiger partial charge is 0.338 e. The Balaban J connectivity index is 3.35. The van der Waals surface area contributed by atoms with Gasteiger partial charge >= 0.3 is 5.96 Å². The lowest BCUT2D eigenvalue weighted by atomic mass is 10.4. The van der Waals surface area contributed by atoms with E-state index in [4.69, 9.17) is 11.5 Å². The number of nitrogens with two attached hydrogens (primary N) is 2. The minimum absolute atomic E-state index is 0.324. The van der Waals surface area contributed by atoms with Gasteiger partial charge in [0.05, 0.1) is 26.2 Å². The minimum Gasteiger partial charge on any atom is -0.335 e. The molecule has 0 aliphatic carbocycles. The van der Waals surface area contributed by atoms with Gasteiger partial charge in [0, 0.05) is 6.42 Å². The van der Waals surface area contributed by atoms with Crippen LogP contribution >= 0.6 is 0 Å². The molecule has 0 heterocycles. The molecule has 6 N–H and O–H groups in total. The molecule has 0 saturated heterocycles. The van der Waals surface area contributed by atoms with Gasteiger partial charge in [0.15, 0.2) is 0 Å². The number of rotatable bonds is 6. The third kappa shape index (κ3) is 5.97. The first-order valence-electron chi connectivity index (χ1n) is 4.66. The van der Waals surface area contributed by atoms with E-state index in [9.17, 15) is 0 Å². The molecule has 0 saturated carbocycles. The van der Waals surface area contributed by atoms with Gasteiger partial charge < -0.3 is 4.90 Å². The number of hydrogen-bond donors (Lipinski definition) is 4. The molecule has 72 valence electrons. The summed E-state index contributed by atoms with van der Waals surface area (Å²) < 4.78 is 0. The molecule has 0 aliphatic rings. The molecule has 0 spiro atoms. The van der Waals surface area contributed by atoms with Crippen LogP contribution in [0, 0.1) is 0 Å². The quantitative estimate of drug-likeness (QED) is 0.193. The average Bonchev–Trinajstić information content (AvgIpc) is 2.04. The van der Waals surface area contributed by atoms with Crippen LogP contribution in [0.5, 0.6) is 0 Å². The summed E-state index contributed by atoms with van der Waals surface area (Å²) in [5.74, 6) is 0.324. The second kappa shape index (κ2) is 6.91. The van der Waals surface area contributed by atoms with Gasteiger partial charge in [-0.05, 0) is 13.8 Å². The van der Waals surface area contributed by atoms with Crippen molar-refractivity contribution in [2.24, 2.45) is 11.5 Å². The van der Waals surface area contributed by atoms with Gasteiger partial charge in [0.25, 0.3) is 0 Å². The Labute approximate surface area is 74.6 Å². The minimum atomic E-state index is 0.324. The molecule has 12 heavy (non-hydrogen) atoms. The fraction of sp³-hybridized carbons (Fsp3) is 0.875. The van der Waals surface area contributed by atoms with Crippen LogP contribution in [0.4, 0.5) is 0 Å². The van der Waals surface area contributed by atoms with Crippen LogP contribution in [0.25, 0.3) is 0 Å². The molecule has 0 unspecified atom stereocenters. The van der Waals surface area contributed by atoms with Crippen molar-refractivity contribution in [1.29, 1.82) is 0 Å². The Morgan fingerprint density at radius 2 is 1.83 bits per heavy atom. The van der Waals surface area contributed by atoms with Crippen LogP contribution in [0.2, 0.25) is 0 Å². The molecule has 0 fully saturated rings. The summed E-state index contributed by atoms with van der Waals surface area (Å²) in [4.78, 5) is 4.53. The lowest BCUT2D eigenvalue weighted by Gasteiger charge is -2.13. The summed E-state index contributed by atoms with van der Waals surface area (Å²) >= 11 is 0. The molecule has 0 aliphatic heterocycles. The van der Waals surface area contributed by atoms with Gasteiger partial charge in [-0.3, -0.25) is 16.5 Å². The van der Waals surface area contributed by atoms with Crippen molar-refractivity contribution >= 4 is 5.96 Å². The van der Waals surface area contributed by atoms with Crippen molar-refractivity contribution in [3.63, 3.8) is 0 Å². The van der Waals surface area contributed by atoms with E-state index < -0.39 is 0 Å². The highest BCUT2D eigenvalue weighted by Gasteiger charge is 2.00. The highest BCUT2D eigenvalue weighted by atomic mass is 15.1. The first-order chi connectivity index (χ1) is 5.70. The number of quaternary nitrogens is 1. The summed E-state index contributed by atoms with van der Waals surface area (Å²) in [6, 6.07) is 0. The fourth-order valence-electron chi connectivity index (χ4n) is 1.17. The van der Waals surface area contributed by atoms with Crippen LogP contribution < -0.4 is 21.4 Å². The number of guanidine groups is 1. The maximum absolute atomic E-state index is 5.25. The molecule has 0 amide bonds. The molecule has 0 radical (unpaired) electrons. The van der Waals surface area contributed by atoms with E-state index in [0.29, 0.717) is 5.96 Å². The predicted molar refractivity (Wildman–Crippen MR) is 50.7 cm³/mol. The molecule has 0 aromatic heterocycles. The first-order valence-corrected chi connectivity index (χ1v) is 4.66. The lowest BCUT2D eigenvalue weighted by Crippen LogP contribution is -3.11. The predicted octanol–water partition coefficient (Wildman–Crippen LogP) is -3.34.